The molecule has 1 aliphatic heterocycles. The van der Waals surface area contributed by atoms with E-state index in [4.69, 9.17) is 17.3 Å². The molecule has 114 valence electrons. The number of rotatable bonds is 4. The van der Waals surface area contributed by atoms with E-state index < -0.39 is 12.0 Å². The predicted molar refractivity (Wildman–Crippen MR) is 92.3 cm³/mol. The summed E-state index contributed by atoms with van der Waals surface area (Å²) in [7, 11) is 0. The van der Waals surface area contributed by atoms with Crippen LogP contribution >= 0.6 is 24.0 Å². The lowest BCUT2D eigenvalue weighted by molar-refractivity contribution is -0.144. The number of allylic oxidation sites excluding steroid dienone is 2. The molecule has 1 saturated heterocycles. The zero-order valence-electron chi connectivity index (χ0n) is 12.1. The van der Waals surface area contributed by atoms with Crippen LogP contribution in [-0.2, 0) is 9.59 Å². The van der Waals surface area contributed by atoms with Gasteiger partial charge in [-0.3, -0.25) is 9.69 Å². The highest BCUT2D eigenvalue weighted by atomic mass is 32.2. The quantitative estimate of drug-likeness (QED) is 0.677. The van der Waals surface area contributed by atoms with Crippen LogP contribution in [0, 0.1) is 0 Å². The molecule has 0 spiro atoms. The molecule has 1 unspecified atom stereocenters. The first kappa shape index (κ1) is 16.5. The van der Waals surface area contributed by atoms with Gasteiger partial charge < -0.3 is 5.11 Å². The Labute approximate surface area is 138 Å². The van der Waals surface area contributed by atoms with Crippen LogP contribution in [0.5, 0.6) is 0 Å². The molecule has 1 amide bonds. The normalized spacial score (nSPS) is 18.9. The third kappa shape index (κ3) is 3.64. The molecule has 4 nitrogen and oxygen atoms in total. The lowest BCUT2D eigenvalue weighted by Gasteiger charge is -2.18. The van der Waals surface area contributed by atoms with Crippen LogP contribution in [0.15, 0.2) is 46.9 Å². The fourth-order valence-electron chi connectivity index (χ4n) is 1.98. The molecule has 1 fully saturated rings. The smallest absolute Gasteiger partial charge is 0.326 e. The zero-order valence-corrected chi connectivity index (χ0v) is 13.8. The molecule has 0 aliphatic carbocycles. The van der Waals surface area contributed by atoms with Crippen LogP contribution in [-0.4, -0.2) is 32.2 Å². The number of carbonyl (C=O) groups is 2. The van der Waals surface area contributed by atoms with E-state index in [1.54, 1.807) is 6.08 Å². The van der Waals surface area contributed by atoms with Gasteiger partial charge in [-0.1, -0.05) is 60.4 Å². The Hall–Kier alpha value is -1.92. The van der Waals surface area contributed by atoms with Gasteiger partial charge in [0.05, 0.1) is 4.91 Å². The van der Waals surface area contributed by atoms with Crippen LogP contribution in [0.3, 0.4) is 0 Å². The molecular weight excluding hydrogens is 318 g/mol. The van der Waals surface area contributed by atoms with Gasteiger partial charge in [-0.05, 0) is 31.1 Å². The Balaban J connectivity index is 2.23. The molecule has 0 saturated carbocycles. The number of carbonyl (C=O) groups excluding carboxylic acids is 1. The third-order valence-corrected chi connectivity index (χ3v) is 4.45. The third-order valence-electron chi connectivity index (χ3n) is 3.12. The number of carboxylic acids is 1. The zero-order chi connectivity index (χ0) is 16.3. The van der Waals surface area contributed by atoms with E-state index >= 15 is 0 Å². The van der Waals surface area contributed by atoms with Gasteiger partial charge in [0.15, 0.2) is 0 Å². The number of amides is 1. The van der Waals surface area contributed by atoms with Crippen molar-refractivity contribution in [1.29, 1.82) is 0 Å². The van der Waals surface area contributed by atoms with Gasteiger partial charge in [0.1, 0.15) is 10.4 Å². The average molecular weight is 333 g/mol. The summed E-state index contributed by atoms with van der Waals surface area (Å²) in [4.78, 5) is 25.0. The molecule has 1 aromatic carbocycles. The number of nitrogens with zero attached hydrogens (tertiary/aromatic N) is 1. The Morgan fingerprint density at radius 3 is 2.59 bits per heavy atom. The summed E-state index contributed by atoms with van der Waals surface area (Å²) < 4.78 is 0.277. The largest absolute Gasteiger partial charge is 0.480 e. The van der Waals surface area contributed by atoms with E-state index in [1.807, 2.05) is 43.3 Å². The van der Waals surface area contributed by atoms with Gasteiger partial charge in [-0.25, -0.2) is 4.79 Å². The van der Waals surface area contributed by atoms with Crippen molar-refractivity contribution in [1.82, 2.24) is 4.90 Å². The summed E-state index contributed by atoms with van der Waals surface area (Å²) in [5.74, 6) is -1.43. The minimum Gasteiger partial charge on any atom is -0.480 e. The molecule has 0 radical (unpaired) electrons. The van der Waals surface area contributed by atoms with Gasteiger partial charge in [-0.2, -0.15) is 0 Å². The number of thiocarbonyl (C=S) groups is 1. The molecule has 1 aromatic rings. The van der Waals surface area contributed by atoms with Crippen LogP contribution in [0.4, 0.5) is 0 Å². The molecule has 6 heteroatoms. The molecular formula is C16H15NO3S2. The number of aliphatic carboxylic acids is 1. The number of hydrogen-bond donors (Lipinski definition) is 1. The van der Waals surface area contributed by atoms with Gasteiger partial charge in [0, 0.05) is 0 Å². The van der Waals surface area contributed by atoms with Crippen molar-refractivity contribution in [2.24, 2.45) is 0 Å². The monoisotopic (exact) mass is 333 g/mol. The summed E-state index contributed by atoms with van der Waals surface area (Å²) in [5, 5.41) is 9.05. The summed E-state index contributed by atoms with van der Waals surface area (Å²) in [6.45, 7) is 3.34. The number of carboxylic acid groups (broad SMARTS) is 1. The number of benzene rings is 1. The fourth-order valence-corrected chi connectivity index (χ4v) is 3.45. The second kappa shape index (κ2) is 6.89. The van der Waals surface area contributed by atoms with Crippen molar-refractivity contribution in [3.8, 4) is 0 Å². The molecule has 1 heterocycles. The Morgan fingerprint density at radius 1 is 1.36 bits per heavy atom. The second-order valence-corrected chi connectivity index (χ2v) is 6.54. The van der Waals surface area contributed by atoms with E-state index in [9.17, 15) is 9.59 Å². The van der Waals surface area contributed by atoms with E-state index in [0.29, 0.717) is 4.91 Å². The summed E-state index contributed by atoms with van der Waals surface area (Å²) in [6, 6.07) is 8.78. The number of hydrogen-bond acceptors (Lipinski definition) is 4. The van der Waals surface area contributed by atoms with Gasteiger partial charge >= 0.3 is 5.97 Å². The van der Waals surface area contributed by atoms with Crippen LogP contribution in [0.2, 0.25) is 0 Å². The maximum atomic E-state index is 12.3. The summed E-state index contributed by atoms with van der Waals surface area (Å²) >= 11 is 6.25. The van der Waals surface area contributed by atoms with Crippen LogP contribution < -0.4 is 0 Å². The SMILES string of the molecule is CC(/C=C1\SC(=S)N(C(C)C(=O)O)C1=O)=C\c1ccccc1. The van der Waals surface area contributed by atoms with Crippen molar-refractivity contribution in [3.05, 3.63) is 52.4 Å². The van der Waals surface area contributed by atoms with Crippen molar-refractivity contribution in [2.75, 3.05) is 0 Å². The Bertz CT molecular complexity index is 680. The number of thioether (sulfide) groups is 1. The topological polar surface area (TPSA) is 57.6 Å². The predicted octanol–water partition coefficient (Wildman–Crippen LogP) is 3.31. The minimum absolute atomic E-state index is 0.277. The first-order chi connectivity index (χ1) is 10.4. The first-order valence-electron chi connectivity index (χ1n) is 6.63. The van der Waals surface area contributed by atoms with Gasteiger partial charge in [-0.15, -0.1) is 0 Å². The second-order valence-electron chi connectivity index (χ2n) is 4.86. The molecule has 1 N–H and O–H groups in total. The fraction of sp³-hybridized carbons (Fsp3) is 0.188. The highest BCUT2D eigenvalue weighted by Gasteiger charge is 2.38. The lowest BCUT2D eigenvalue weighted by Crippen LogP contribution is -2.41. The van der Waals surface area contributed by atoms with Crippen LogP contribution in [0.1, 0.15) is 19.4 Å². The molecule has 0 bridgehead atoms. The van der Waals surface area contributed by atoms with Crippen LogP contribution in [0.25, 0.3) is 6.08 Å². The van der Waals surface area contributed by atoms with Crippen molar-refractivity contribution in [2.45, 2.75) is 19.9 Å². The molecule has 1 aliphatic rings. The van der Waals surface area contributed by atoms with Crippen molar-refractivity contribution >= 4 is 46.3 Å². The maximum absolute atomic E-state index is 12.3. The van der Waals surface area contributed by atoms with Crippen molar-refractivity contribution in [3.63, 3.8) is 0 Å². The Kier molecular flexibility index (Phi) is 5.15. The van der Waals surface area contributed by atoms with Gasteiger partial charge in [0.25, 0.3) is 5.91 Å². The summed E-state index contributed by atoms with van der Waals surface area (Å²) in [6.07, 6.45) is 3.69. The standard InChI is InChI=1S/C16H15NO3S2/c1-10(8-12-6-4-3-5-7-12)9-13-14(18)17(16(21)22-13)11(2)15(19)20/h3-9,11H,1-2H3,(H,19,20)/b10-8+,13-9-. The average Bonchev–Trinajstić information content (AvgIpc) is 2.73. The lowest BCUT2D eigenvalue weighted by atomic mass is 10.1. The van der Waals surface area contributed by atoms with E-state index in [-0.39, 0.29) is 10.2 Å². The molecule has 0 aromatic heterocycles. The van der Waals surface area contributed by atoms with Gasteiger partial charge in [0.2, 0.25) is 0 Å². The molecule has 1 atom stereocenters. The minimum atomic E-state index is -1.07. The highest BCUT2D eigenvalue weighted by molar-refractivity contribution is 8.26. The van der Waals surface area contributed by atoms with E-state index in [2.05, 4.69) is 0 Å². The molecule has 22 heavy (non-hydrogen) atoms. The molecule has 2 rings (SSSR count). The van der Waals surface area contributed by atoms with Crippen molar-refractivity contribution < 1.29 is 14.7 Å². The van der Waals surface area contributed by atoms with E-state index in [0.717, 1.165) is 27.8 Å². The summed E-state index contributed by atoms with van der Waals surface area (Å²) in [5.41, 5.74) is 1.93. The highest BCUT2D eigenvalue weighted by Crippen LogP contribution is 2.33. The first-order valence-corrected chi connectivity index (χ1v) is 7.86. The maximum Gasteiger partial charge on any atom is 0.326 e. The Morgan fingerprint density at radius 2 is 2.00 bits per heavy atom. The van der Waals surface area contributed by atoms with E-state index in [1.165, 1.54) is 6.92 Å².